The number of carbonyl (C=O) groups excluding carboxylic acids is 2. The Hall–Kier alpha value is -3.20. The molecule has 0 saturated heterocycles. The van der Waals surface area contributed by atoms with E-state index >= 15 is 0 Å². The zero-order valence-corrected chi connectivity index (χ0v) is 16.1. The van der Waals surface area contributed by atoms with Gasteiger partial charge in [-0.3, -0.25) is 9.59 Å². The molecule has 0 radical (unpaired) electrons. The molecular weight excluding hydrogens is 348 g/mol. The first-order valence-corrected chi connectivity index (χ1v) is 9.63. The predicted octanol–water partition coefficient (Wildman–Crippen LogP) is 5.88. The molecule has 0 atom stereocenters. The molecule has 2 heterocycles. The highest BCUT2D eigenvalue weighted by Crippen LogP contribution is 2.44. The maximum absolute atomic E-state index is 13.1. The van der Waals surface area contributed by atoms with Gasteiger partial charge in [0.15, 0.2) is 11.6 Å². The lowest BCUT2D eigenvalue weighted by molar-refractivity contribution is 0.0889. The van der Waals surface area contributed by atoms with Crippen LogP contribution in [0.15, 0.2) is 52.9 Å². The van der Waals surface area contributed by atoms with Gasteiger partial charge in [-0.2, -0.15) is 0 Å². The third-order valence-electron chi connectivity index (χ3n) is 5.94. The van der Waals surface area contributed by atoms with E-state index in [1.165, 1.54) is 5.56 Å². The molecule has 0 spiro atoms. The number of carbonyl (C=O) groups is 2. The van der Waals surface area contributed by atoms with Crippen LogP contribution >= 0.6 is 0 Å². The molecular formula is C25H20O3. The van der Waals surface area contributed by atoms with E-state index in [9.17, 15) is 9.59 Å². The molecule has 0 saturated carbocycles. The Morgan fingerprint density at radius 2 is 1.32 bits per heavy atom. The van der Waals surface area contributed by atoms with Gasteiger partial charge in [0, 0.05) is 0 Å². The van der Waals surface area contributed by atoms with Crippen molar-refractivity contribution in [3.63, 3.8) is 0 Å². The third kappa shape index (κ3) is 2.22. The highest BCUT2D eigenvalue weighted by molar-refractivity contribution is 6.35. The van der Waals surface area contributed by atoms with Gasteiger partial charge in [-0.25, -0.2) is 0 Å². The van der Waals surface area contributed by atoms with Crippen LogP contribution in [0, 0.1) is 13.8 Å². The lowest BCUT2D eigenvalue weighted by Crippen LogP contribution is -2.16. The average Bonchev–Trinajstić information content (AvgIpc) is 3.37. The molecule has 5 rings (SSSR count). The maximum atomic E-state index is 13.1. The minimum atomic E-state index is -0.754. The van der Waals surface area contributed by atoms with Crippen LogP contribution in [0.3, 0.4) is 0 Å². The van der Waals surface area contributed by atoms with Gasteiger partial charge in [-0.05, 0) is 65.8 Å². The van der Waals surface area contributed by atoms with Crippen molar-refractivity contribution in [1.82, 2.24) is 0 Å². The number of hydrogen-bond donors (Lipinski definition) is 0. The quantitative estimate of drug-likeness (QED) is 0.424. The first-order valence-electron chi connectivity index (χ1n) is 9.63. The molecule has 0 amide bonds. The summed E-state index contributed by atoms with van der Waals surface area (Å²) in [6, 6.07) is 16.2. The fourth-order valence-electron chi connectivity index (χ4n) is 4.54. The zero-order chi connectivity index (χ0) is 19.6. The Bertz CT molecular complexity index is 1170. The van der Waals surface area contributed by atoms with Crippen molar-refractivity contribution in [1.29, 1.82) is 0 Å². The molecule has 0 unspecified atom stereocenters. The van der Waals surface area contributed by atoms with Crippen molar-refractivity contribution in [2.24, 2.45) is 0 Å². The molecule has 2 bridgehead atoms. The van der Waals surface area contributed by atoms with Crippen molar-refractivity contribution in [3.05, 3.63) is 81.9 Å². The molecule has 1 aliphatic rings. The number of hydrogen-bond acceptors (Lipinski definition) is 3. The summed E-state index contributed by atoms with van der Waals surface area (Å²) in [5.41, 5.74) is 8.29. The van der Waals surface area contributed by atoms with Gasteiger partial charge in [-0.1, -0.05) is 43.3 Å². The normalized spacial score (nSPS) is 14.4. The first-order chi connectivity index (χ1) is 13.5. The molecule has 3 heteroatoms. The topological polar surface area (TPSA) is 47.3 Å². The van der Waals surface area contributed by atoms with E-state index in [2.05, 4.69) is 43.3 Å². The fourth-order valence-corrected chi connectivity index (χ4v) is 4.54. The number of fused-ring (bicyclic) bond motifs is 5. The number of Topliss-reactive ketones (excluding diaryl/α,β-unsaturated/α-hetero) is 2. The van der Waals surface area contributed by atoms with E-state index in [1.807, 2.05) is 13.8 Å². The summed E-state index contributed by atoms with van der Waals surface area (Å²) in [4.78, 5) is 26.2. The average molecular weight is 368 g/mol. The van der Waals surface area contributed by atoms with Gasteiger partial charge in [0.2, 0.25) is 0 Å². The summed E-state index contributed by atoms with van der Waals surface area (Å²) >= 11 is 0. The summed E-state index contributed by atoms with van der Waals surface area (Å²) in [6.07, 6.45) is 1.01. The Morgan fingerprint density at radius 3 is 1.82 bits per heavy atom. The van der Waals surface area contributed by atoms with E-state index < -0.39 is 5.92 Å². The lowest BCUT2D eigenvalue weighted by atomic mass is 9.85. The van der Waals surface area contributed by atoms with E-state index in [1.54, 1.807) is 12.1 Å². The largest absolute Gasteiger partial charge is 0.456 e. The van der Waals surface area contributed by atoms with Crippen LogP contribution in [0.5, 0.6) is 0 Å². The van der Waals surface area contributed by atoms with Crippen LogP contribution in [-0.4, -0.2) is 11.6 Å². The zero-order valence-electron chi connectivity index (χ0n) is 16.1. The van der Waals surface area contributed by atoms with Crippen LogP contribution < -0.4 is 0 Å². The molecule has 1 aliphatic carbocycles. The van der Waals surface area contributed by atoms with Gasteiger partial charge in [-0.15, -0.1) is 0 Å². The molecule has 3 nitrogen and oxygen atoms in total. The van der Waals surface area contributed by atoms with Crippen molar-refractivity contribution in [3.8, 4) is 11.1 Å². The number of rotatable bonds is 3. The van der Waals surface area contributed by atoms with E-state index in [4.69, 9.17) is 4.42 Å². The molecule has 4 aromatic rings. The van der Waals surface area contributed by atoms with Crippen LogP contribution in [0.25, 0.3) is 22.3 Å². The molecule has 2 aromatic carbocycles. The van der Waals surface area contributed by atoms with Crippen molar-refractivity contribution < 1.29 is 14.0 Å². The molecule has 138 valence electrons. The van der Waals surface area contributed by atoms with E-state index in [0.717, 1.165) is 34.2 Å². The fraction of sp³-hybridized carbons (Fsp3) is 0.200. The monoisotopic (exact) mass is 368 g/mol. The van der Waals surface area contributed by atoms with Crippen LogP contribution in [-0.2, 0) is 6.42 Å². The van der Waals surface area contributed by atoms with Crippen LogP contribution in [0.4, 0.5) is 0 Å². The van der Waals surface area contributed by atoms with Gasteiger partial charge in [0.25, 0.3) is 0 Å². The lowest BCUT2D eigenvalue weighted by Gasteiger charge is -2.17. The van der Waals surface area contributed by atoms with Gasteiger partial charge in [0.05, 0.1) is 11.1 Å². The van der Waals surface area contributed by atoms with Gasteiger partial charge >= 0.3 is 0 Å². The van der Waals surface area contributed by atoms with Gasteiger partial charge < -0.3 is 4.42 Å². The minimum absolute atomic E-state index is 0.138. The highest BCUT2D eigenvalue weighted by Gasteiger charge is 2.45. The van der Waals surface area contributed by atoms with Crippen LogP contribution in [0.2, 0.25) is 0 Å². The molecule has 0 N–H and O–H groups in total. The smallest absolute Gasteiger partial charge is 0.182 e. The Labute approximate surface area is 163 Å². The summed E-state index contributed by atoms with van der Waals surface area (Å²) in [7, 11) is 0. The van der Waals surface area contributed by atoms with Crippen molar-refractivity contribution in [2.75, 3.05) is 0 Å². The second-order valence-corrected chi connectivity index (χ2v) is 7.65. The number of furan rings is 2. The van der Waals surface area contributed by atoms with E-state index in [-0.39, 0.29) is 11.6 Å². The highest BCUT2D eigenvalue weighted by atomic mass is 16.3. The summed E-state index contributed by atoms with van der Waals surface area (Å²) in [5, 5.41) is 0. The van der Waals surface area contributed by atoms with Gasteiger partial charge in [0.1, 0.15) is 17.1 Å². The molecule has 2 aromatic heterocycles. The number of aryl methyl sites for hydroxylation is 3. The Morgan fingerprint density at radius 1 is 0.786 bits per heavy atom. The predicted molar refractivity (Wildman–Crippen MR) is 110 cm³/mol. The van der Waals surface area contributed by atoms with Crippen molar-refractivity contribution >= 4 is 22.7 Å². The number of benzene rings is 3. The minimum Gasteiger partial charge on any atom is -0.456 e. The third-order valence-corrected chi connectivity index (χ3v) is 5.94. The summed E-state index contributed by atoms with van der Waals surface area (Å²) in [5.74, 6) is -1.03. The standard InChI is InChI=1S/C25H20O3/c1-4-15-5-7-16(8-6-15)17-11-13(2)20(14(3)12-17)23-24(26)21-18-9-10-19(28-18)22(21)25(23)27/h5-12,23H,4H2,1-3H3. The number of ketones is 2. The van der Waals surface area contributed by atoms with Crippen LogP contribution in [0.1, 0.15) is 55.8 Å². The second kappa shape index (κ2) is 5.90. The summed E-state index contributed by atoms with van der Waals surface area (Å²) in [6.45, 7) is 6.11. The van der Waals surface area contributed by atoms with Crippen molar-refractivity contribution in [2.45, 2.75) is 33.1 Å². The Kier molecular flexibility index (Phi) is 3.57. The summed E-state index contributed by atoms with van der Waals surface area (Å²) < 4.78 is 5.53. The second-order valence-electron chi connectivity index (χ2n) is 7.65. The Balaban J connectivity index is 1.59. The first kappa shape index (κ1) is 16.9. The molecule has 28 heavy (non-hydrogen) atoms. The maximum Gasteiger partial charge on any atom is 0.182 e. The SMILES string of the molecule is CCc1ccc(-c2cc(C)c(C3C(=O)c4c(c5ccc4o5)C3=O)c(C)c2)cc1. The molecule has 0 fully saturated rings. The molecule has 0 aliphatic heterocycles. The van der Waals surface area contributed by atoms with E-state index in [0.29, 0.717) is 22.3 Å².